The molecule has 1 aliphatic heterocycles. The summed E-state index contributed by atoms with van der Waals surface area (Å²) in [4.78, 5) is 32.6. The van der Waals surface area contributed by atoms with Gasteiger partial charge in [-0.05, 0) is 30.5 Å². The van der Waals surface area contributed by atoms with Gasteiger partial charge in [-0.3, -0.25) is 9.79 Å². The lowest BCUT2D eigenvalue weighted by Gasteiger charge is -2.04. The number of amides is 1. The van der Waals surface area contributed by atoms with E-state index in [1.807, 2.05) is 18.2 Å². The Kier molecular flexibility index (Phi) is 4.10. The molecule has 2 heterocycles. The fourth-order valence-corrected chi connectivity index (χ4v) is 3.03. The molecular formula is C14H16N4O2S. The summed E-state index contributed by atoms with van der Waals surface area (Å²) in [7, 11) is 0. The van der Waals surface area contributed by atoms with Crippen LogP contribution in [0.3, 0.4) is 0 Å². The van der Waals surface area contributed by atoms with Crippen molar-refractivity contribution < 1.29 is 4.79 Å². The summed E-state index contributed by atoms with van der Waals surface area (Å²) in [6, 6.07) is 5.80. The van der Waals surface area contributed by atoms with E-state index in [0.717, 1.165) is 46.9 Å². The lowest BCUT2D eigenvalue weighted by molar-refractivity contribution is -0.119. The highest BCUT2D eigenvalue weighted by atomic mass is 32.2. The highest BCUT2D eigenvalue weighted by molar-refractivity contribution is 8.14. The molecule has 1 aliphatic rings. The number of benzene rings is 1. The van der Waals surface area contributed by atoms with Crippen LogP contribution in [-0.4, -0.2) is 33.3 Å². The maximum Gasteiger partial charge on any atom is 0.323 e. The molecule has 2 aromatic rings. The van der Waals surface area contributed by atoms with E-state index in [1.54, 1.807) is 11.8 Å². The predicted octanol–water partition coefficient (Wildman–Crippen LogP) is 1.40. The SMILES string of the molecule is O=C(CCCc1ccc2[nH]c(=O)[nH]c2c1)NC1=NCCS1. The molecule has 6 nitrogen and oxygen atoms in total. The van der Waals surface area contributed by atoms with E-state index in [9.17, 15) is 9.59 Å². The number of aliphatic imine (C=N–C) groups is 1. The topological polar surface area (TPSA) is 90.1 Å². The average molecular weight is 304 g/mol. The molecule has 0 unspecified atom stereocenters. The van der Waals surface area contributed by atoms with Gasteiger partial charge in [-0.2, -0.15) is 0 Å². The van der Waals surface area contributed by atoms with Gasteiger partial charge in [-0.25, -0.2) is 4.79 Å². The molecule has 1 amide bonds. The Morgan fingerprint density at radius 1 is 1.33 bits per heavy atom. The van der Waals surface area contributed by atoms with Crippen LogP contribution in [0.2, 0.25) is 0 Å². The molecule has 7 heteroatoms. The maximum absolute atomic E-state index is 11.7. The van der Waals surface area contributed by atoms with Crippen molar-refractivity contribution in [1.29, 1.82) is 0 Å². The fourth-order valence-electron chi connectivity index (χ4n) is 2.28. The molecule has 0 aliphatic carbocycles. The molecule has 0 spiro atoms. The minimum Gasteiger partial charge on any atom is -0.306 e. The fraction of sp³-hybridized carbons (Fsp3) is 0.357. The number of hydrogen-bond acceptors (Lipinski definition) is 4. The molecule has 110 valence electrons. The number of H-pyrrole nitrogens is 2. The van der Waals surface area contributed by atoms with E-state index in [4.69, 9.17) is 0 Å². The molecule has 1 aromatic heterocycles. The summed E-state index contributed by atoms with van der Waals surface area (Å²) in [5.74, 6) is 0.962. The maximum atomic E-state index is 11.7. The minimum atomic E-state index is -0.198. The number of aryl methyl sites for hydroxylation is 1. The first-order valence-corrected chi connectivity index (χ1v) is 7.87. The van der Waals surface area contributed by atoms with Gasteiger partial charge >= 0.3 is 5.69 Å². The number of aromatic nitrogens is 2. The zero-order chi connectivity index (χ0) is 14.7. The second-order valence-electron chi connectivity index (χ2n) is 4.90. The van der Waals surface area contributed by atoms with Gasteiger partial charge in [0.15, 0.2) is 5.17 Å². The summed E-state index contributed by atoms with van der Waals surface area (Å²) in [5, 5.41) is 3.56. The Balaban J connectivity index is 1.51. The van der Waals surface area contributed by atoms with Crippen LogP contribution in [-0.2, 0) is 11.2 Å². The number of amidine groups is 1. The molecule has 0 fully saturated rings. The van der Waals surface area contributed by atoms with Gasteiger partial charge in [0.05, 0.1) is 17.6 Å². The number of fused-ring (bicyclic) bond motifs is 1. The van der Waals surface area contributed by atoms with Gasteiger partial charge in [0.2, 0.25) is 5.91 Å². The van der Waals surface area contributed by atoms with Gasteiger partial charge < -0.3 is 15.3 Å². The third-order valence-electron chi connectivity index (χ3n) is 3.28. The van der Waals surface area contributed by atoms with Gasteiger partial charge in [0.25, 0.3) is 0 Å². The molecule has 0 bridgehead atoms. The number of thioether (sulfide) groups is 1. The summed E-state index contributed by atoms with van der Waals surface area (Å²) < 4.78 is 0. The van der Waals surface area contributed by atoms with E-state index < -0.39 is 0 Å². The van der Waals surface area contributed by atoms with Crippen molar-refractivity contribution in [3.05, 3.63) is 34.2 Å². The van der Waals surface area contributed by atoms with Crippen molar-refractivity contribution in [3.63, 3.8) is 0 Å². The normalized spacial score (nSPS) is 14.4. The molecule has 0 radical (unpaired) electrons. The van der Waals surface area contributed by atoms with Crippen LogP contribution in [0, 0.1) is 0 Å². The van der Waals surface area contributed by atoms with Gasteiger partial charge in [0.1, 0.15) is 0 Å². The lowest BCUT2D eigenvalue weighted by Crippen LogP contribution is -2.27. The molecule has 0 saturated carbocycles. The average Bonchev–Trinajstić information content (AvgIpc) is 3.06. The Bertz CT molecular complexity index is 747. The standard InChI is InChI=1S/C14H16N4O2S/c19-12(18-14-15-6-7-21-14)3-1-2-9-4-5-10-11(8-9)17-13(20)16-10/h4-5,8H,1-3,6-7H2,(H,15,18,19)(H2,16,17,20). The summed E-state index contributed by atoms with van der Waals surface area (Å²) in [5.41, 5.74) is 2.52. The molecule has 3 N–H and O–H groups in total. The molecule has 0 atom stereocenters. The smallest absolute Gasteiger partial charge is 0.306 e. The molecular weight excluding hydrogens is 288 g/mol. The van der Waals surface area contributed by atoms with Crippen molar-refractivity contribution in [1.82, 2.24) is 15.3 Å². The number of imidazole rings is 1. The van der Waals surface area contributed by atoms with E-state index >= 15 is 0 Å². The van der Waals surface area contributed by atoms with E-state index in [-0.39, 0.29) is 11.6 Å². The second-order valence-corrected chi connectivity index (χ2v) is 5.98. The van der Waals surface area contributed by atoms with Crippen LogP contribution >= 0.6 is 11.8 Å². The summed E-state index contributed by atoms with van der Waals surface area (Å²) in [6.07, 6.45) is 2.04. The monoisotopic (exact) mass is 304 g/mol. The summed E-state index contributed by atoms with van der Waals surface area (Å²) in [6.45, 7) is 0.787. The van der Waals surface area contributed by atoms with E-state index in [0.29, 0.717) is 6.42 Å². The van der Waals surface area contributed by atoms with Crippen molar-refractivity contribution in [2.24, 2.45) is 4.99 Å². The zero-order valence-corrected chi connectivity index (χ0v) is 12.3. The largest absolute Gasteiger partial charge is 0.323 e. The highest BCUT2D eigenvalue weighted by Crippen LogP contribution is 2.13. The number of nitrogens with one attached hydrogen (secondary N) is 3. The van der Waals surface area contributed by atoms with Crippen LogP contribution < -0.4 is 11.0 Å². The van der Waals surface area contributed by atoms with Crippen LogP contribution in [0.15, 0.2) is 28.0 Å². The number of rotatable bonds is 4. The minimum absolute atomic E-state index is 0.0132. The molecule has 3 rings (SSSR count). The number of aromatic amines is 2. The molecule has 0 saturated heterocycles. The second kappa shape index (κ2) is 6.17. The number of hydrogen-bond donors (Lipinski definition) is 3. The van der Waals surface area contributed by atoms with Crippen molar-refractivity contribution in [2.45, 2.75) is 19.3 Å². The van der Waals surface area contributed by atoms with Crippen LogP contribution in [0.4, 0.5) is 0 Å². The van der Waals surface area contributed by atoms with E-state index in [2.05, 4.69) is 20.3 Å². The third-order valence-corrected chi connectivity index (χ3v) is 4.17. The van der Waals surface area contributed by atoms with Crippen molar-refractivity contribution in [3.8, 4) is 0 Å². The number of carbonyl (C=O) groups is 1. The van der Waals surface area contributed by atoms with Crippen LogP contribution in [0.5, 0.6) is 0 Å². The summed E-state index contributed by atoms with van der Waals surface area (Å²) >= 11 is 1.59. The lowest BCUT2D eigenvalue weighted by atomic mass is 10.1. The first-order chi connectivity index (χ1) is 10.2. The quantitative estimate of drug-likeness (QED) is 0.797. The molecule has 21 heavy (non-hydrogen) atoms. The van der Waals surface area contributed by atoms with Gasteiger partial charge in [-0.1, -0.05) is 17.8 Å². The Morgan fingerprint density at radius 2 is 2.19 bits per heavy atom. The number of nitrogens with zero attached hydrogens (tertiary/aromatic N) is 1. The molecule has 1 aromatic carbocycles. The van der Waals surface area contributed by atoms with Gasteiger partial charge in [0, 0.05) is 12.2 Å². The van der Waals surface area contributed by atoms with E-state index in [1.165, 1.54) is 0 Å². The van der Waals surface area contributed by atoms with Crippen molar-refractivity contribution >= 4 is 33.9 Å². The van der Waals surface area contributed by atoms with Crippen LogP contribution in [0.1, 0.15) is 18.4 Å². The predicted molar refractivity (Wildman–Crippen MR) is 84.8 cm³/mol. The van der Waals surface area contributed by atoms with Crippen LogP contribution in [0.25, 0.3) is 11.0 Å². The Labute approximate surface area is 125 Å². The number of carbonyl (C=O) groups excluding carboxylic acids is 1. The van der Waals surface area contributed by atoms with Crippen molar-refractivity contribution in [2.75, 3.05) is 12.3 Å². The van der Waals surface area contributed by atoms with Gasteiger partial charge in [-0.15, -0.1) is 0 Å². The Morgan fingerprint density at radius 3 is 3.00 bits per heavy atom. The Hall–Kier alpha value is -2.02. The first kappa shape index (κ1) is 13.9. The highest BCUT2D eigenvalue weighted by Gasteiger charge is 2.10. The first-order valence-electron chi connectivity index (χ1n) is 6.89. The third kappa shape index (κ3) is 3.55. The zero-order valence-electron chi connectivity index (χ0n) is 11.4.